The topological polar surface area (TPSA) is 84.9 Å². The summed E-state index contributed by atoms with van der Waals surface area (Å²) in [4.78, 5) is 24.7. The summed E-state index contributed by atoms with van der Waals surface area (Å²) in [5, 5.41) is 12.9. The van der Waals surface area contributed by atoms with E-state index < -0.39 is 11.8 Å². The van der Waals surface area contributed by atoms with Crippen LogP contribution in [0.3, 0.4) is 0 Å². The number of hydrogen-bond acceptors (Lipinski definition) is 5. The third-order valence-electron chi connectivity index (χ3n) is 4.48. The Labute approximate surface area is 131 Å². The number of rotatable bonds is 3. The molecule has 0 aromatic carbocycles. The number of nitrogens with one attached hydrogen (secondary N) is 1. The van der Waals surface area contributed by atoms with Gasteiger partial charge in [-0.05, 0) is 24.8 Å². The van der Waals surface area contributed by atoms with Crippen molar-refractivity contribution < 1.29 is 24.2 Å². The monoisotopic (exact) mass is 323 g/mol. The van der Waals surface area contributed by atoms with Crippen LogP contribution in [0.25, 0.3) is 0 Å². The first-order valence-corrected chi connectivity index (χ1v) is 8.36. The van der Waals surface area contributed by atoms with Crippen LogP contribution in [-0.2, 0) is 27.1 Å². The van der Waals surface area contributed by atoms with Crippen LogP contribution in [0.2, 0.25) is 0 Å². The fraction of sp³-hybridized carbons (Fsp3) is 0.600. The van der Waals surface area contributed by atoms with Crippen molar-refractivity contribution in [3.05, 3.63) is 16.0 Å². The molecule has 6 nitrogen and oxygen atoms in total. The first kappa shape index (κ1) is 14.2. The average Bonchev–Trinajstić information content (AvgIpc) is 3.15. The molecule has 0 radical (unpaired) electrons. The lowest BCUT2D eigenvalue weighted by molar-refractivity contribution is -0.163. The zero-order chi connectivity index (χ0) is 15.3. The fourth-order valence-electron chi connectivity index (χ4n) is 3.18. The molecule has 2 aliphatic carbocycles. The van der Waals surface area contributed by atoms with Gasteiger partial charge in [0.2, 0.25) is 5.91 Å². The smallest absolute Gasteiger partial charge is 0.339 e. The summed E-state index contributed by atoms with van der Waals surface area (Å²) in [6.45, 7) is 1.10. The highest BCUT2D eigenvalue weighted by Gasteiger charge is 2.43. The molecule has 1 aromatic heterocycles. The number of aromatic carboxylic acids is 1. The second-order valence-corrected chi connectivity index (χ2v) is 7.17. The number of hydrogen-bond donors (Lipinski definition) is 2. The summed E-state index contributed by atoms with van der Waals surface area (Å²) in [5.74, 6) is -1.69. The summed E-state index contributed by atoms with van der Waals surface area (Å²) >= 11 is 1.38. The van der Waals surface area contributed by atoms with Crippen LogP contribution >= 0.6 is 11.3 Å². The van der Waals surface area contributed by atoms with Crippen molar-refractivity contribution in [3.8, 4) is 0 Å². The minimum Gasteiger partial charge on any atom is -0.478 e. The van der Waals surface area contributed by atoms with Gasteiger partial charge in [-0.1, -0.05) is 0 Å². The van der Waals surface area contributed by atoms with Crippen molar-refractivity contribution in [2.75, 3.05) is 18.5 Å². The predicted molar refractivity (Wildman–Crippen MR) is 79.3 cm³/mol. The third kappa shape index (κ3) is 2.33. The molecule has 2 heterocycles. The number of thiophene rings is 1. The summed E-state index contributed by atoms with van der Waals surface area (Å²) < 4.78 is 11.4. The van der Waals surface area contributed by atoms with Gasteiger partial charge in [0.1, 0.15) is 5.00 Å². The van der Waals surface area contributed by atoms with Crippen molar-refractivity contribution >= 4 is 28.2 Å². The van der Waals surface area contributed by atoms with Crippen LogP contribution in [-0.4, -0.2) is 36.0 Å². The van der Waals surface area contributed by atoms with Gasteiger partial charge in [-0.3, -0.25) is 4.79 Å². The average molecular weight is 323 g/mol. The second kappa shape index (κ2) is 5.04. The lowest BCUT2D eigenvalue weighted by atomic mass is 9.90. The van der Waals surface area contributed by atoms with Crippen LogP contribution in [0.15, 0.2) is 0 Å². The number of carbonyl (C=O) groups excluding carboxylic acids is 1. The Bertz CT molecular complexity index is 643. The molecule has 1 saturated heterocycles. The fourth-order valence-corrected chi connectivity index (χ4v) is 4.39. The Morgan fingerprint density at radius 1 is 1.27 bits per heavy atom. The molecule has 0 unspecified atom stereocenters. The number of anilines is 1. The van der Waals surface area contributed by atoms with Gasteiger partial charge in [-0.25, -0.2) is 4.79 Å². The number of carboxylic acid groups (broad SMARTS) is 1. The molecular formula is C15H17NO5S. The van der Waals surface area contributed by atoms with Gasteiger partial charge in [-0.15, -0.1) is 11.3 Å². The van der Waals surface area contributed by atoms with E-state index in [0.29, 0.717) is 24.6 Å². The summed E-state index contributed by atoms with van der Waals surface area (Å²) in [5.41, 5.74) is 0.976. The number of carboxylic acids is 1. The highest BCUT2D eigenvalue weighted by atomic mass is 32.1. The van der Waals surface area contributed by atoms with Crippen molar-refractivity contribution in [2.45, 2.75) is 37.9 Å². The lowest BCUT2D eigenvalue weighted by Crippen LogP contribution is -2.37. The van der Waals surface area contributed by atoms with Gasteiger partial charge in [0, 0.05) is 23.6 Å². The van der Waals surface area contributed by atoms with E-state index in [1.54, 1.807) is 0 Å². The van der Waals surface area contributed by atoms with Crippen molar-refractivity contribution in [2.24, 2.45) is 5.92 Å². The molecular weight excluding hydrogens is 306 g/mol. The normalized spacial score (nSPS) is 22.5. The molecule has 1 saturated carbocycles. The van der Waals surface area contributed by atoms with Gasteiger partial charge < -0.3 is 19.9 Å². The number of ether oxygens (including phenoxy) is 2. The maximum atomic E-state index is 12.0. The van der Waals surface area contributed by atoms with E-state index in [4.69, 9.17) is 9.47 Å². The minimum atomic E-state index is -1.00. The molecule has 7 heteroatoms. The maximum Gasteiger partial charge on any atom is 0.339 e. The number of aryl methyl sites for hydroxylation is 1. The Balaban J connectivity index is 1.67. The maximum absolute atomic E-state index is 12.0. The van der Waals surface area contributed by atoms with Crippen LogP contribution in [0, 0.1) is 5.92 Å². The molecule has 1 spiro atoms. The molecule has 0 atom stereocenters. The predicted octanol–water partition coefficient (Wildman–Crippen LogP) is 2.03. The molecule has 1 aromatic rings. The summed E-state index contributed by atoms with van der Waals surface area (Å²) in [7, 11) is 0. The van der Waals surface area contributed by atoms with Crippen molar-refractivity contribution in [3.63, 3.8) is 0 Å². The van der Waals surface area contributed by atoms with E-state index in [2.05, 4.69) is 5.32 Å². The Morgan fingerprint density at radius 2 is 2.00 bits per heavy atom. The molecule has 3 aliphatic rings. The van der Waals surface area contributed by atoms with Gasteiger partial charge in [0.05, 0.1) is 18.8 Å². The van der Waals surface area contributed by atoms with Crippen LogP contribution < -0.4 is 5.32 Å². The van der Waals surface area contributed by atoms with Gasteiger partial charge in [0.25, 0.3) is 0 Å². The van der Waals surface area contributed by atoms with Crippen molar-refractivity contribution in [1.82, 2.24) is 0 Å². The van der Waals surface area contributed by atoms with E-state index in [1.165, 1.54) is 11.3 Å². The number of carbonyl (C=O) groups is 2. The third-order valence-corrected chi connectivity index (χ3v) is 5.69. The van der Waals surface area contributed by atoms with E-state index in [0.717, 1.165) is 36.1 Å². The molecule has 2 fully saturated rings. The molecule has 2 N–H and O–H groups in total. The largest absolute Gasteiger partial charge is 0.478 e. The summed E-state index contributed by atoms with van der Waals surface area (Å²) in [6, 6.07) is 0. The molecule has 22 heavy (non-hydrogen) atoms. The lowest BCUT2D eigenvalue weighted by Gasteiger charge is -2.31. The van der Waals surface area contributed by atoms with E-state index in [-0.39, 0.29) is 17.4 Å². The molecule has 0 bridgehead atoms. The highest BCUT2D eigenvalue weighted by molar-refractivity contribution is 7.17. The quantitative estimate of drug-likeness (QED) is 0.889. The van der Waals surface area contributed by atoms with Crippen LogP contribution in [0.5, 0.6) is 0 Å². The zero-order valence-electron chi connectivity index (χ0n) is 12.0. The standard InChI is InChI=1S/C15H17NO5S/c17-12(8-1-2-8)16-13-11(14(18)19)9-7-15(20-5-6-21-15)4-3-10(9)22-13/h8H,1-7H2,(H,16,17)(H,18,19). The van der Waals surface area contributed by atoms with Gasteiger partial charge in [0.15, 0.2) is 5.79 Å². The number of fused-ring (bicyclic) bond motifs is 1. The van der Waals surface area contributed by atoms with Crippen molar-refractivity contribution in [1.29, 1.82) is 0 Å². The first-order chi connectivity index (χ1) is 10.6. The Kier molecular flexibility index (Phi) is 3.25. The van der Waals surface area contributed by atoms with Gasteiger partial charge >= 0.3 is 5.97 Å². The van der Waals surface area contributed by atoms with E-state index >= 15 is 0 Å². The number of amides is 1. The first-order valence-electron chi connectivity index (χ1n) is 7.55. The van der Waals surface area contributed by atoms with E-state index in [9.17, 15) is 14.7 Å². The highest BCUT2D eigenvalue weighted by Crippen LogP contribution is 2.44. The Morgan fingerprint density at radius 3 is 2.64 bits per heavy atom. The van der Waals surface area contributed by atoms with Crippen LogP contribution in [0.4, 0.5) is 5.00 Å². The zero-order valence-corrected chi connectivity index (χ0v) is 12.8. The van der Waals surface area contributed by atoms with Gasteiger partial charge in [-0.2, -0.15) is 0 Å². The molecule has 118 valence electrons. The summed E-state index contributed by atoms with van der Waals surface area (Å²) in [6.07, 6.45) is 3.68. The molecule has 4 rings (SSSR count). The molecule has 1 amide bonds. The second-order valence-electron chi connectivity index (χ2n) is 6.06. The van der Waals surface area contributed by atoms with Crippen LogP contribution in [0.1, 0.15) is 40.1 Å². The SMILES string of the molecule is O=C(O)c1c(NC(=O)C2CC2)sc2c1CC1(CC2)OCCO1. The molecule has 1 aliphatic heterocycles. The minimum absolute atomic E-state index is 0.0496. The van der Waals surface area contributed by atoms with E-state index in [1.807, 2.05) is 0 Å². The Hall–Kier alpha value is -1.44.